The highest BCUT2D eigenvalue weighted by atomic mass is 16.5. The van der Waals surface area contributed by atoms with Gasteiger partial charge >= 0.3 is 5.97 Å². The maximum absolute atomic E-state index is 10.6. The molecule has 0 amide bonds. The van der Waals surface area contributed by atoms with Gasteiger partial charge < -0.3 is 4.74 Å². The molecule has 1 aliphatic heterocycles. The Morgan fingerprint density at radius 1 is 1.11 bits per heavy atom. The van der Waals surface area contributed by atoms with Gasteiger partial charge in [-0.05, 0) is 0 Å². The lowest BCUT2D eigenvalue weighted by atomic mass is 10.1. The van der Waals surface area contributed by atoms with Crippen molar-refractivity contribution in [2.75, 3.05) is 0 Å². The molecule has 1 aliphatic rings. The molecule has 0 bridgehead atoms. The molecule has 1 saturated heterocycles. The third kappa shape index (κ3) is 0.682. The average Bonchev–Trinajstić information content (AvgIpc) is 1.98. The maximum atomic E-state index is 10.6. The Kier molecular flexibility index (Phi) is 1.02. The molecule has 0 radical (unpaired) electrons. The molecule has 0 spiro atoms. The first-order chi connectivity index (χ1) is 4.13. The van der Waals surface area contributed by atoms with E-state index in [9.17, 15) is 4.79 Å². The highest BCUT2D eigenvalue weighted by molar-refractivity contribution is 5.98. The number of allylic oxidation sites excluding steroid dienone is 1. The summed E-state index contributed by atoms with van der Waals surface area (Å²) < 4.78 is 4.55. The van der Waals surface area contributed by atoms with Gasteiger partial charge in [0.1, 0.15) is 5.76 Å². The Bertz CT molecular complexity index is 199. The summed E-state index contributed by atoms with van der Waals surface area (Å²) in [6.07, 6.45) is 0. The Balaban J connectivity index is 3.04. The van der Waals surface area contributed by atoms with Crippen molar-refractivity contribution in [2.45, 2.75) is 0 Å². The fourth-order valence-electron chi connectivity index (χ4n) is 0.527. The van der Waals surface area contributed by atoms with Crippen LogP contribution in [0.5, 0.6) is 0 Å². The minimum atomic E-state index is -0.440. The number of rotatable bonds is 0. The summed E-state index contributed by atoms with van der Waals surface area (Å²) in [5.41, 5.74) is 0.806. The number of carbonyl (C=O) groups is 1. The normalized spacial score (nSPS) is 18.7. The van der Waals surface area contributed by atoms with Crippen molar-refractivity contribution >= 4 is 5.97 Å². The predicted octanol–water partition coefficient (Wildman–Crippen LogP) is 1.17. The van der Waals surface area contributed by atoms with E-state index < -0.39 is 5.97 Å². The largest absolute Gasteiger partial charge is 0.423 e. The molecule has 9 heavy (non-hydrogen) atoms. The SMILES string of the molecule is C=C1OC(=O)C(=C)C1=C. The Labute approximate surface area is 53.1 Å². The van der Waals surface area contributed by atoms with Crippen LogP contribution < -0.4 is 0 Å². The summed E-state index contributed by atoms with van der Waals surface area (Å²) in [5.74, 6) is -0.130. The van der Waals surface area contributed by atoms with Crippen molar-refractivity contribution in [1.82, 2.24) is 0 Å². The average molecular weight is 122 g/mol. The molecule has 0 aliphatic carbocycles. The van der Waals surface area contributed by atoms with E-state index in [0.717, 1.165) is 0 Å². The third-order valence-corrected chi connectivity index (χ3v) is 1.16. The first-order valence-corrected chi connectivity index (χ1v) is 2.42. The molecule has 0 saturated carbocycles. The molecule has 2 heteroatoms. The molecule has 46 valence electrons. The monoisotopic (exact) mass is 122 g/mol. The first kappa shape index (κ1) is 5.82. The highest BCUT2D eigenvalue weighted by Crippen LogP contribution is 2.25. The predicted molar refractivity (Wildman–Crippen MR) is 33.5 cm³/mol. The Morgan fingerprint density at radius 3 is 1.78 bits per heavy atom. The molecule has 0 unspecified atom stereocenters. The molecule has 1 heterocycles. The lowest BCUT2D eigenvalue weighted by Gasteiger charge is -1.87. The molecule has 0 aromatic carbocycles. The molecule has 2 nitrogen and oxygen atoms in total. The van der Waals surface area contributed by atoms with Crippen molar-refractivity contribution in [3.63, 3.8) is 0 Å². The number of cyclic esters (lactones) is 1. The van der Waals surface area contributed by atoms with E-state index >= 15 is 0 Å². The molecule has 1 rings (SSSR count). The van der Waals surface area contributed by atoms with E-state index in [1.807, 2.05) is 0 Å². The van der Waals surface area contributed by atoms with Gasteiger partial charge in [0.2, 0.25) is 0 Å². The van der Waals surface area contributed by atoms with Gasteiger partial charge in [-0.1, -0.05) is 19.7 Å². The van der Waals surface area contributed by atoms with Crippen molar-refractivity contribution < 1.29 is 9.53 Å². The van der Waals surface area contributed by atoms with Gasteiger partial charge in [-0.3, -0.25) is 0 Å². The summed E-state index contributed by atoms with van der Waals surface area (Å²) in [6.45, 7) is 10.4. The number of ether oxygens (including phenoxy) is 1. The Morgan fingerprint density at radius 2 is 1.67 bits per heavy atom. The van der Waals surface area contributed by atoms with Crippen molar-refractivity contribution in [1.29, 1.82) is 0 Å². The number of hydrogen-bond donors (Lipinski definition) is 0. The van der Waals surface area contributed by atoms with Crippen LogP contribution in [0.4, 0.5) is 0 Å². The van der Waals surface area contributed by atoms with E-state index in [1.165, 1.54) is 0 Å². The van der Waals surface area contributed by atoms with Crippen LogP contribution in [0.1, 0.15) is 0 Å². The van der Waals surface area contributed by atoms with E-state index in [1.54, 1.807) is 0 Å². The second-order valence-electron chi connectivity index (χ2n) is 1.77. The van der Waals surface area contributed by atoms with Crippen LogP contribution in [-0.4, -0.2) is 5.97 Å². The second-order valence-corrected chi connectivity index (χ2v) is 1.77. The van der Waals surface area contributed by atoms with Crippen LogP contribution in [0.2, 0.25) is 0 Å². The molecule has 1 fully saturated rings. The molecule has 0 atom stereocenters. The van der Waals surface area contributed by atoms with Gasteiger partial charge in [0.25, 0.3) is 0 Å². The van der Waals surface area contributed by atoms with Crippen molar-refractivity contribution in [2.24, 2.45) is 0 Å². The second kappa shape index (κ2) is 1.58. The summed E-state index contributed by atoms with van der Waals surface area (Å²) in [6, 6.07) is 0. The zero-order chi connectivity index (χ0) is 7.02. The van der Waals surface area contributed by atoms with Crippen LogP contribution in [0, 0.1) is 0 Å². The quantitative estimate of drug-likeness (QED) is 0.356. The fraction of sp³-hybridized carbons (Fsp3) is 0. The van der Waals surface area contributed by atoms with E-state index in [4.69, 9.17) is 0 Å². The fourth-order valence-corrected chi connectivity index (χ4v) is 0.527. The van der Waals surface area contributed by atoms with E-state index in [0.29, 0.717) is 16.9 Å². The zero-order valence-electron chi connectivity index (χ0n) is 4.94. The summed E-state index contributed by atoms with van der Waals surface area (Å²) >= 11 is 0. The van der Waals surface area contributed by atoms with Crippen LogP contribution >= 0.6 is 0 Å². The Hall–Kier alpha value is -1.31. The third-order valence-electron chi connectivity index (χ3n) is 1.16. The van der Waals surface area contributed by atoms with Gasteiger partial charge in [-0.25, -0.2) is 4.79 Å². The smallest absolute Gasteiger partial charge is 0.343 e. The number of hydrogen-bond acceptors (Lipinski definition) is 2. The topological polar surface area (TPSA) is 26.3 Å². The molecule has 0 N–H and O–H groups in total. The van der Waals surface area contributed by atoms with Gasteiger partial charge in [0.05, 0.1) is 5.57 Å². The van der Waals surface area contributed by atoms with E-state index in [2.05, 4.69) is 24.5 Å². The van der Waals surface area contributed by atoms with Crippen LogP contribution in [-0.2, 0) is 9.53 Å². The maximum Gasteiger partial charge on any atom is 0.343 e. The van der Waals surface area contributed by atoms with Crippen LogP contribution in [0.25, 0.3) is 0 Å². The molecule has 0 aromatic heterocycles. The highest BCUT2D eigenvalue weighted by Gasteiger charge is 2.24. The summed E-state index contributed by atoms with van der Waals surface area (Å²) in [4.78, 5) is 10.6. The summed E-state index contributed by atoms with van der Waals surface area (Å²) in [7, 11) is 0. The number of esters is 1. The molecule has 0 aromatic rings. The minimum Gasteiger partial charge on any atom is -0.423 e. The van der Waals surface area contributed by atoms with Gasteiger partial charge in [0.15, 0.2) is 0 Å². The van der Waals surface area contributed by atoms with Gasteiger partial charge in [-0.2, -0.15) is 0 Å². The summed E-state index contributed by atoms with van der Waals surface area (Å²) in [5, 5.41) is 0. The molecular formula is C7H6O2. The van der Waals surface area contributed by atoms with Gasteiger partial charge in [-0.15, -0.1) is 0 Å². The number of carbonyl (C=O) groups excluding carboxylic acids is 1. The zero-order valence-corrected chi connectivity index (χ0v) is 4.94. The minimum absolute atomic E-state index is 0.306. The lowest BCUT2D eigenvalue weighted by Crippen LogP contribution is -1.91. The first-order valence-electron chi connectivity index (χ1n) is 2.42. The van der Waals surface area contributed by atoms with Gasteiger partial charge in [0, 0.05) is 5.57 Å². The van der Waals surface area contributed by atoms with Crippen molar-refractivity contribution in [3.8, 4) is 0 Å². The molecular weight excluding hydrogens is 116 g/mol. The van der Waals surface area contributed by atoms with Crippen LogP contribution in [0.15, 0.2) is 36.6 Å². The standard InChI is InChI=1S/C7H6O2/c1-4-5(2)7(8)9-6(4)3/h1-3H2. The van der Waals surface area contributed by atoms with E-state index in [-0.39, 0.29) is 0 Å². The lowest BCUT2D eigenvalue weighted by molar-refractivity contribution is -0.132. The van der Waals surface area contributed by atoms with Crippen LogP contribution in [0.3, 0.4) is 0 Å². The van der Waals surface area contributed by atoms with Crippen molar-refractivity contribution in [3.05, 3.63) is 36.6 Å².